The van der Waals surface area contributed by atoms with Crippen LogP contribution in [0.25, 0.3) is 22.0 Å². The highest BCUT2D eigenvalue weighted by Crippen LogP contribution is 2.24. The molecule has 0 aliphatic carbocycles. The number of hydrogen-bond acceptors (Lipinski definition) is 7. The van der Waals surface area contributed by atoms with E-state index in [1.165, 1.54) is 6.92 Å². The molecule has 11 heteroatoms. The summed E-state index contributed by atoms with van der Waals surface area (Å²) in [5.74, 6) is -3.48. The Morgan fingerprint density at radius 3 is 2.38 bits per heavy atom. The smallest absolute Gasteiger partial charge is 0.328 e. The van der Waals surface area contributed by atoms with Crippen molar-refractivity contribution in [1.29, 1.82) is 0 Å². The Balaban J connectivity index is 1.57. The van der Waals surface area contributed by atoms with E-state index in [1.807, 2.05) is 48.5 Å². The van der Waals surface area contributed by atoms with E-state index in [0.717, 1.165) is 22.0 Å². The molecule has 0 saturated heterocycles. The molecule has 0 unspecified atom stereocenters. The second-order valence-corrected chi connectivity index (χ2v) is 8.89. The number of aromatic amines is 1. The van der Waals surface area contributed by atoms with E-state index in [1.54, 1.807) is 19.9 Å². The van der Waals surface area contributed by atoms with Gasteiger partial charge in [-0.25, -0.2) is 4.79 Å². The molecule has 2 atom stereocenters. The minimum Gasteiger partial charge on any atom is -0.466 e. The summed E-state index contributed by atoms with van der Waals surface area (Å²) >= 11 is 0. The van der Waals surface area contributed by atoms with Gasteiger partial charge < -0.3 is 30.4 Å². The molecule has 0 aliphatic rings. The van der Waals surface area contributed by atoms with Crippen molar-refractivity contribution < 1.29 is 34.9 Å². The molecule has 0 spiro atoms. The van der Waals surface area contributed by atoms with E-state index in [9.17, 15) is 24.0 Å². The zero-order chi connectivity index (χ0) is 29.9. The molecule has 0 bridgehead atoms. The number of nitrogens with one attached hydrogen (secondary N) is 4. The summed E-state index contributed by atoms with van der Waals surface area (Å²) in [6.07, 6.45) is -0.210. The van der Waals surface area contributed by atoms with E-state index >= 15 is 0 Å². The average Bonchev–Trinajstić information content (AvgIpc) is 3.41. The molecule has 0 fully saturated rings. The van der Waals surface area contributed by atoms with Crippen LogP contribution in [-0.2, 0) is 28.7 Å². The minimum absolute atomic E-state index is 0.0630. The second kappa shape index (κ2) is 14.5. The fourth-order valence-electron chi connectivity index (χ4n) is 3.91. The van der Waals surface area contributed by atoms with Gasteiger partial charge in [0.1, 0.15) is 17.8 Å². The van der Waals surface area contributed by atoms with Gasteiger partial charge in [-0.15, -0.1) is 0 Å². The van der Waals surface area contributed by atoms with Crippen LogP contribution in [0.5, 0.6) is 0 Å². The number of hydrogen-bond donors (Lipinski definition) is 4. The first kappa shape index (κ1) is 28.3. The third kappa shape index (κ3) is 8.42. The summed E-state index contributed by atoms with van der Waals surface area (Å²) in [6, 6.07) is 14.7. The maximum Gasteiger partial charge on any atom is 0.328 e. The maximum atomic E-state index is 12.7. The molecule has 1 heterocycles. The zero-order valence-electron chi connectivity index (χ0n) is 23.7. The Hall–Kier alpha value is -4.67. The standard InChI is InChI=1S/C29H34N4O7/c1-4-39-26(35)14-13-22(29(38)40-5-2)33-27(36)18(3)31-25(34)17-30-28(37)24-16-21-12-11-20(15-23(21)32-24)19-9-7-6-8-10-19/h6-12,15-16,18,22,32H,4-5,13-14,17H2,1-3H3,(H,30,37)(H,31,34)(H,33,36)/t18-,22-/m0/s1/i/hD. The largest absolute Gasteiger partial charge is 0.466 e. The fourth-order valence-corrected chi connectivity index (χ4v) is 3.91. The monoisotopic (exact) mass is 551 g/mol. The van der Waals surface area contributed by atoms with Crippen molar-refractivity contribution in [2.75, 3.05) is 19.8 Å². The number of aromatic nitrogens is 1. The van der Waals surface area contributed by atoms with E-state index < -0.39 is 48.3 Å². The van der Waals surface area contributed by atoms with Crippen LogP contribution in [0.4, 0.5) is 0 Å². The average molecular weight is 552 g/mol. The van der Waals surface area contributed by atoms with Gasteiger partial charge in [-0.2, -0.15) is 0 Å². The van der Waals surface area contributed by atoms with Crippen molar-refractivity contribution in [3.05, 3.63) is 60.3 Å². The van der Waals surface area contributed by atoms with Gasteiger partial charge in [0.2, 0.25) is 11.8 Å². The van der Waals surface area contributed by atoms with Crippen molar-refractivity contribution in [1.82, 2.24) is 20.9 Å². The van der Waals surface area contributed by atoms with Gasteiger partial charge in [-0.3, -0.25) is 19.2 Å². The van der Waals surface area contributed by atoms with Crippen molar-refractivity contribution in [2.24, 2.45) is 0 Å². The number of carbonyl (C=O) groups excluding carboxylic acids is 5. The second-order valence-electron chi connectivity index (χ2n) is 8.89. The quantitative estimate of drug-likeness (QED) is 0.238. The molecule has 11 nitrogen and oxygen atoms in total. The van der Waals surface area contributed by atoms with Gasteiger partial charge in [0.25, 0.3) is 5.91 Å². The van der Waals surface area contributed by atoms with E-state index in [2.05, 4.69) is 15.6 Å². The fraction of sp³-hybridized carbons (Fsp3) is 0.345. The predicted octanol–water partition coefficient (Wildman–Crippen LogP) is 2.46. The molecule has 212 valence electrons. The molecule has 40 heavy (non-hydrogen) atoms. The summed E-state index contributed by atoms with van der Waals surface area (Å²) in [7, 11) is 0. The number of fused-ring (bicyclic) bond motifs is 1. The van der Waals surface area contributed by atoms with Crippen LogP contribution in [-0.4, -0.2) is 66.5 Å². The van der Waals surface area contributed by atoms with Crippen LogP contribution >= 0.6 is 0 Å². The molecule has 1 aromatic heterocycles. The van der Waals surface area contributed by atoms with Gasteiger partial charge in [0.05, 0.1) is 19.8 Å². The third-order valence-electron chi connectivity index (χ3n) is 5.92. The summed E-state index contributed by atoms with van der Waals surface area (Å²) < 4.78 is 17.9. The summed E-state index contributed by atoms with van der Waals surface area (Å²) in [5.41, 5.74) is 2.99. The van der Waals surface area contributed by atoms with E-state index in [4.69, 9.17) is 10.9 Å². The Morgan fingerprint density at radius 1 is 0.950 bits per heavy atom. The molecule has 0 radical (unpaired) electrons. The lowest BCUT2D eigenvalue weighted by atomic mass is 10.0. The molecular formula is C29H34N4O7. The number of ether oxygens (including phenoxy) is 2. The van der Waals surface area contributed by atoms with Gasteiger partial charge in [0, 0.05) is 17.3 Å². The Kier molecular flexibility index (Phi) is 10.3. The summed E-state index contributed by atoms with van der Waals surface area (Å²) in [5, 5.41) is 6.12. The first-order valence-corrected chi connectivity index (χ1v) is 13.0. The molecule has 3 amide bonds. The number of amides is 3. The summed E-state index contributed by atoms with van der Waals surface area (Å²) in [6.45, 7) is 4.25. The van der Waals surface area contributed by atoms with Crippen molar-refractivity contribution in [3.8, 4) is 11.1 Å². The summed E-state index contributed by atoms with van der Waals surface area (Å²) in [4.78, 5) is 65.0. The molecule has 0 saturated carbocycles. The molecule has 0 aliphatic heterocycles. The third-order valence-corrected chi connectivity index (χ3v) is 5.92. The van der Waals surface area contributed by atoms with Crippen LogP contribution < -0.4 is 15.9 Å². The van der Waals surface area contributed by atoms with Crippen molar-refractivity contribution >= 4 is 40.6 Å². The Bertz CT molecular complexity index is 1390. The van der Waals surface area contributed by atoms with E-state index in [0.29, 0.717) is 5.31 Å². The van der Waals surface area contributed by atoms with Crippen LogP contribution in [0.2, 0.25) is 1.41 Å². The Morgan fingerprint density at radius 2 is 1.68 bits per heavy atom. The number of benzene rings is 2. The SMILES string of the molecule is [2H]N(C(=O)CNC(=O)c1cc2ccc(-c3ccccc3)cc2[nH]1)[C@@H](C)C(=O)N[C@@H](CCC(=O)OCC)C(=O)OCC. The number of rotatable bonds is 13. The van der Waals surface area contributed by atoms with Crippen LogP contribution in [0.15, 0.2) is 54.6 Å². The molecule has 2 aromatic carbocycles. The predicted molar refractivity (Wildman–Crippen MR) is 148 cm³/mol. The molecule has 4 N–H and O–H groups in total. The van der Waals surface area contributed by atoms with Crippen molar-refractivity contribution in [3.63, 3.8) is 0 Å². The lowest BCUT2D eigenvalue weighted by molar-refractivity contribution is -0.149. The Labute approximate surface area is 233 Å². The molecule has 3 rings (SSSR count). The molecule has 3 aromatic rings. The topological polar surface area (TPSA) is 156 Å². The van der Waals surface area contributed by atoms with Gasteiger partial charge in [0.15, 0.2) is 1.41 Å². The number of esters is 2. The normalized spacial score (nSPS) is 12.5. The van der Waals surface area contributed by atoms with Gasteiger partial charge in [-0.1, -0.05) is 42.5 Å². The maximum absolute atomic E-state index is 12.7. The first-order chi connectivity index (χ1) is 19.6. The first-order valence-electron chi connectivity index (χ1n) is 13.5. The number of H-pyrrole nitrogens is 1. The van der Waals surface area contributed by atoms with Gasteiger partial charge >= 0.3 is 11.9 Å². The zero-order valence-corrected chi connectivity index (χ0v) is 22.7. The lowest BCUT2D eigenvalue weighted by Gasteiger charge is -2.20. The van der Waals surface area contributed by atoms with Crippen LogP contribution in [0, 0.1) is 0 Å². The molecular weight excluding hydrogens is 516 g/mol. The highest BCUT2D eigenvalue weighted by atomic mass is 16.5. The number of carbonyl (C=O) groups is 5. The van der Waals surface area contributed by atoms with Gasteiger partial charge in [-0.05, 0) is 50.5 Å². The highest BCUT2D eigenvalue weighted by molar-refractivity contribution is 6.00. The van der Waals surface area contributed by atoms with Crippen LogP contribution in [0.3, 0.4) is 0 Å². The van der Waals surface area contributed by atoms with Crippen LogP contribution in [0.1, 0.15) is 44.1 Å². The lowest BCUT2D eigenvalue weighted by Crippen LogP contribution is -2.52. The van der Waals surface area contributed by atoms with Crippen molar-refractivity contribution in [2.45, 2.75) is 45.7 Å². The minimum atomic E-state index is -1.30. The van der Waals surface area contributed by atoms with E-state index in [-0.39, 0.29) is 31.7 Å². The highest BCUT2D eigenvalue weighted by Gasteiger charge is 2.26.